The van der Waals surface area contributed by atoms with Crippen molar-refractivity contribution in [3.05, 3.63) is 29.6 Å². The highest BCUT2D eigenvalue weighted by molar-refractivity contribution is 5.96. The normalized spacial score (nSPS) is 12.1. The number of aromatic nitrogens is 1. The highest BCUT2D eigenvalue weighted by atomic mass is 16.4. The molecule has 6 heteroatoms. The fourth-order valence-corrected chi connectivity index (χ4v) is 2.05. The molecule has 1 aromatic heterocycles. The maximum atomic E-state index is 8.73. The predicted octanol–water partition coefficient (Wildman–Crippen LogP) is 0.998. The molecular formula is C14H25N5O. The Morgan fingerprint density at radius 1 is 1.45 bits per heavy atom. The van der Waals surface area contributed by atoms with Crippen LogP contribution in [-0.2, 0) is 6.54 Å². The highest BCUT2D eigenvalue weighted by Crippen LogP contribution is 2.04. The summed E-state index contributed by atoms with van der Waals surface area (Å²) in [7, 11) is 0. The van der Waals surface area contributed by atoms with E-state index in [1.165, 1.54) is 0 Å². The average Bonchev–Trinajstić information content (AvgIpc) is 2.50. The molecule has 0 saturated carbocycles. The molecule has 6 nitrogen and oxygen atoms in total. The van der Waals surface area contributed by atoms with Gasteiger partial charge in [-0.15, -0.1) is 0 Å². The second kappa shape index (κ2) is 9.28. The lowest BCUT2D eigenvalue weighted by molar-refractivity contribution is 0.298. The van der Waals surface area contributed by atoms with E-state index in [2.05, 4.69) is 34.2 Å². The van der Waals surface area contributed by atoms with Crippen molar-refractivity contribution >= 4 is 5.84 Å². The summed E-state index contributed by atoms with van der Waals surface area (Å²) in [5, 5.41) is 15.1. The van der Waals surface area contributed by atoms with Crippen LogP contribution in [0, 0.1) is 0 Å². The number of hydrogen-bond acceptors (Lipinski definition) is 5. The predicted molar refractivity (Wildman–Crippen MR) is 80.9 cm³/mol. The van der Waals surface area contributed by atoms with Gasteiger partial charge in [-0.25, -0.2) is 0 Å². The van der Waals surface area contributed by atoms with Crippen LogP contribution >= 0.6 is 0 Å². The van der Waals surface area contributed by atoms with Crippen LogP contribution in [0.15, 0.2) is 23.5 Å². The lowest BCUT2D eigenvalue weighted by Gasteiger charge is -2.17. The molecule has 0 aliphatic carbocycles. The van der Waals surface area contributed by atoms with Crippen molar-refractivity contribution in [1.29, 1.82) is 0 Å². The minimum absolute atomic E-state index is 0.0468. The third-order valence-electron chi connectivity index (χ3n) is 3.28. The first-order valence-corrected chi connectivity index (χ1v) is 7.07. The van der Waals surface area contributed by atoms with Crippen LogP contribution < -0.4 is 11.1 Å². The largest absolute Gasteiger partial charge is 0.409 e. The summed E-state index contributed by atoms with van der Waals surface area (Å²) >= 11 is 0. The Bertz CT molecular complexity index is 418. The minimum atomic E-state index is 0.0468. The number of amidine groups is 1. The van der Waals surface area contributed by atoms with E-state index in [-0.39, 0.29) is 5.84 Å². The smallest absolute Gasteiger partial charge is 0.189 e. The Morgan fingerprint density at radius 3 is 2.85 bits per heavy atom. The van der Waals surface area contributed by atoms with Gasteiger partial charge in [0.05, 0.1) is 0 Å². The lowest BCUT2D eigenvalue weighted by atomic mass is 10.2. The average molecular weight is 279 g/mol. The third kappa shape index (κ3) is 5.14. The summed E-state index contributed by atoms with van der Waals surface area (Å²) in [6.07, 6.45) is 2.73. The van der Waals surface area contributed by atoms with Gasteiger partial charge < -0.3 is 21.2 Å². The minimum Gasteiger partial charge on any atom is -0.409 e. The molecule has 0 spiro atoms. The van der Waals surface area contributed by atoms with Gasteiger partial charge in [0.2, 0.25) is 0 Å². The van der Waals surface area contributed by atoms with E-state index >= 15 is 0 Å². The second-order valence-corrected chi connectivity index (χ2v) is 4.55. The van der Waals surface area contributed by atoms with E-state index in [1.54, 1.807) is 6.20 Å². The number of hydrogen-bond donors (Lipinski definition) is 3. The molecule has 0 aliphatic rings. The van der Waals surface area contributed by atoms with E-state index in [0.29, 0.717) is 12.2 Å². The number of oxime groups is 1. The van der Waals surface area contributed by atoms with E-state index in [0.717, 1.165) is 38.2 Å². The molecule has 0 aromatic carbocycles. The number of nitrogens with two attached hydrogens (primary N) is 1. The van der Waals surface area contributed by atoms with Crippen molar-refractivity contribution < 1.29 is 5.21 Å². The second-order valence-electron chi connectivity index (χ2n) is 4.55. The fourth-order valence-electron chi connectivity index (χ4n) is 2.05. The first kappa shape index (κ1) is 16.4. The zero-order valence-electron chi connectivity index (χ0n) is 12.3. The Hall–Kier alpha value is -1.66. The number of pyridine rings is 1. The van der Waals surface area contributed by atoms with Gasteiger partial charge in [0.1, 0.15) is 5.69 Å². The third-order valence-corrected chi connectivity index (χ3v) is 3.28. The number of nitrogens with one attached hydrogen (secondary N) is 1. The van der Waals surface area contributed by atoms with Crippen molar-refractivity contribution in [1.82, 2.24) is 15.2 Å². The van der Waals surface area contributed by atoms with Gasteiger partial charge in [0.15, 0.2) is 5.84 Å². The van der Waals surface area contributed by atoms with E-state index in [4.69, 9.17) is 10.9 Å². The summed E-state index contributed by atoms with van der Waals surface area (Å²) in [5.41, 5.74) is 7.07. The fraction of sp³-hybridized carbons (Fsp3) is 0.571. The molecule has 0 unspecified atom stereocenters. The highest BCUT2D eigenvalue weighted by Gasteiger charge is 2.07. The van der Waals surface area contributed by atoms with E-state index in [9.17, 15) is 0 Å². The van der Waals surface area contributed by atoms with E-state index < -0.39 is 0 Å². The van der Waals surface area contributed by atoms with Gasteiger partial charge in [-0.2, -0.15) is 0 Å². The number of nitrogens with zero attached hydrogens (tertiary/aromatic N) is 3. The van der Waals surface area contributed by atoms with Crippen molar-refractivity contribution in [2.24, 2.45) is 10.9 Å². The molecule has 0 amide bonds. The Morgan fingerprint density at radius 2 is 2.20 bits per heavy atom. The van der Waals surface area contributed by atoms with Gasteiger partial charge >= 0.3 is 0 Å². The SMILES string of the molecule is CCN(CC)CCCNCc1cccnc1C(N)=NO. The quantitative estimate of drug-likeness (QED) is 0.206. The van der Waals surface area contributed by atoms with Crippen LogP contribution in [0.2, 0.25) is 0 Å². The van der Waals surface area contributed by atoms with Crippen LogP contribution in [0.25, 0.3) is 0 Å². The van der Waals surface area contributed by atoms with Crippen LogP contribution in [0.4, 0.5) is 0 Å². The summed E-state index contributed by atoms with van der Waals surface area (Å²) in [6, 6.07) is 3.78. The monoisotopic (exact) mass is 279 g/mol. The van der Waals surface area contributed by atoms with Gasteiger partial charge in [-0.05, 0) is 44.2 Å². The molecule has 0 saturated heterocycles. The van der Waals surface area contributed by atoms with Crippen molar-refractivity contribution in [3.8, 4) is 0 Å². The lowest BCUT2D eigenvalue weighted by Crippen LogP contribution is -2.27. The molecule has 1 rings (SSSR count). The van der Waals surface area contributed by atoms with Gasteiger partial charge in [0.25, 0.3) is 0 Å². The standard InChI is InChI=1S/C14H25N5O/c1-3-19(4-2)10-6-8-16-11-12-7-5-9-17-13(12)14(15)18-20/h5,7,9,16,20H,3-4,6,8,10-11H2,1-2H3,(H2,15,18). The Balaban J connectivity index is 2.39. The molecule has 112 valence electrons. The Labute approximate surface area is 120 Å². The summed E-state index contributed by atoms with van der Waals surface area (Å²) in [4.78, 5) is 6.54. The molecule has 0 aliphatic heterocycles. The maximum Gasteiger partial charge on any atom is 0.189 e. The molecule has 0 fully saturated rings. The topological polar surface area (TPSA) is 86.8 Å². The van der Waals surface area contributed by atoms with Crippen molar-refractivity contribution in [3.63, 3.8) is 0 Å². The molecule has 0 bridgehead atoms. The zero-order chi connectivity index (χ0) is 14.8. The molecular weight excluding hydrogens is 254 g/mol. The molecule has 20 heavy (non-hydrogen) atoms. The first-order chi connectivity index (χ1) is 9.72. The maximum absolute atomic E-state index is 8.73. The zero-order valence-corrected chi connectivity index (χ0v) is 12.3. The van der Waals surface area contributed by atoms with Crippen LogP contribution in [0.3, 0.4) is 0 Å². The van der Waals surface area contributed by atoms with Gasteiger partial charge in [-0.1, -0.05) is 25.1 Å². The van der Waals surface area contributed by atoms with Crippen molar-refractivity contribution in [2.45, 2.75) is 26.8 Å². The van der Waals surface area contributed by atoms with Crippen LogP contribution in [0.5, 0.6) is 0 Å². The summed E-state index contributed by atoms with van der Waals surface area (Å²) in [6.45, 7) is 9.23. The van der Waals surface area contributed by atoms with Gasteiger partial charge in [-0.3, -0.25) is 4.98 Å². The van der Waals surface area contributed by atoms with Crippen molar-refractivity contribution in [2.75, 3.05) is 26.2 Å². The van der Waals surface area contributed by atoms with E-state index in [1.807, 2.05) is 12.1 Å². The summed E-state index contributed by atoms with van der Waals surface area (Å²) in [5.74, 6) is 0.0468. The molecule has 4 N–H and O–H groups in total. The van der Waals surface area contributed by atoms with Gasteiger partial charge in [0, 0.05) is 12.7 Å². The van der Waals surface area contributed by atoms with Crippen LogP contribution in [0.1, 0.15) is 31.5 Å². The van der Waals surface area contributed by atoms with Crippen LogP contribution in [-0.4, -0.2) is 47.1 Å². The molecule has 1 aromatic rings. The number of rotatable bonds is 9. The molecule has 0 atom stereocenters. The molecule has 1 heterocycles. The summed E-state index contributed by atoms with van der Waals surface area (Å²) < 4.78 is 0. The Kier molecular flexibility index (Phi) is 7.60. The molecule has 0 radical (unpaired) electrons. The first-order valence-electron chi connectivity index (χ1n) is 7.07.